The number of nitrogens with zero attached hydrogens (tertiary/aromatic N) is 1. The second kappa shape index (κ2) is 4.49. The molecule has 1 atom stereocenters. The molecule has 0 spiro atoms. The van der Waals surface area contributed by atoms with Gasteiger partial charge in [0.1, 0.15) is 11.9 Å². The van der Waals surface area contributed by atoms with Crippen LogP contribution in [0.25, 0.3) is 0 Å². The summed E-state index contributed by atoms with van der Waals surface area (Å²) in [5.41, 5.74) is 6.16. The van der Waals surface area contributed by atoms with Gasteiger partial charge in [0.15, 0.2) is 0 Å². The summed E-state index contributed by atoms with van der Waals surface area (Å²) in [6, 6.07) is 5.73. The van der Waals surface area contributed by atoms with Crippen LogP contribution in [0.15, 0.2) is 24.3 Å². The highest BCUT2D eigenvalue weighted by Crippen LogP contribution is 2.18. The Bertz CT molecular complexity index is 379. The van der Waals surface area contributed by atoms with Crippen LogP contribution in [0.4, 0.5) is 10.1 Å². The molecule has 1 fully saturated rings. The van der Waals surface area contributed by atoms with Crippen molar-refractivity contribution in [3.63, 3.8) is 0 Å². The van der Waals surface area contributed by atoms with Gasteiger partial charge in [0, 0.05) is 25.3 Å². The van der Waals surface area contributed by atoms with E-state index in [9.17, 15) is 9.18 Å². The van der Waals surface area contributed by atoms with Crippen LogP contribution in [0.5, 0.6) is 0 Å². The van der Waals surface area contributed by atoms with Crippen molar-refractivity contribution in [2.75, 3.05) is 24.5 Å². The van der Waals surface area contributed by atoms with Crippen LogP contribution in [0.2, 0.25) is 0 Å². The fourth-order valence-electron chi connectivity index (χ4n) is 1.90. The summed E-state index contributed by atoms with van der Waals surface area (Å²) in [6.45, 7) is 2.02. The second-order valence-electron chi connectivity index (χ2n) is 3.79. The van der Waals surface area contributed by atoms with Crippen LogP contribution in [-0.4, -0.2) is 31.6 Å². The minimum atomic E-state index is -0.364. The third-order valence-electron chi connectivity index (χ3n) is 2.73. The van der Waals surface area contributed by atoms with Crippen molar-refractivity contribution in [3.05, 3.63) is 30.1 Å². The molecule has 86 valence electrons. The summed E-state index contributed by atoms with van der Waals surface area (Å²) in [7, 11) is 0. The van der Waals surface area contributed by atoms with Crippen molar-refractivity contribution in [2.24, 2.45) is 5.73 Å². The fraction of sp³-hybridized carbons (Fsp3) is 0.364. The smallest absolute Gasteiger partial charge is 0.241 e. The monoisotopic (exact) mass is 223 g/mol. The number of carbonyl (C=O) groups is 1. The Morgan fingerprint density at radius 1 is 1.44 bits per heavy atom. The Kier molecular flexibility index (Phi) is 3.05. The van der Waals surface area contributed by atoms with E-state index in [-0.39, 0.29) is 17.8 Å². The zero-order chi connectivity index (χ0) is 11.5. The molecule has 4 nitrogen and oxygen atoms in total. The predicted octanol–water partition coefficient (Wildman–Crippen LogP) is 0.0892. The van der Waals surface area contributed by atoms with Crippen molar-refractivity contribution >= 4 is 11.6 Å². The summed E-state index contributed by atoms with van der Waals surface area (Å²) >= 11 is 0. The number of piperazine rings is 1. The molecule has 0 aromatic heterocycles. The predicted molar refractivity (Wildman–Crippen MR) is 59.6 cm³/mol. The molecular formula is C11H14FN3O. The van der Waals surface area contributed by atoms with E-state index in [1.807, 2.05) is 4.90 Å². The highest BCUT2D eigenvalue weighted by Gasteiger charge is 2.26. The van der Waals surface area contributed by atoms with Gasteiger partial charge >= 0.3 is 0 Å². The molecule has 1 heterocycles. The quantitative estimate of drug-likeness (QED) is 0.747. The highest BCUT2D eigenvalue weighted by atomic mass is 19.1. The largest absolute Gasteiger partial charge is 0.368 e. The Morgan fingerprint density at radius 2 is 2.12 bits per heavy atom. The molecule has 1 aromatic rings. The van der Waals surface area contributed by atoms with Gasteiger partial charge in [0.05, 0.1) is 0 Å². The topological polar surface area (TPSA) is 58.4 Å². The molecular weight excluding hydrogens is 209 g/mol. The molecule has 5 heteroatoms. The minimum absolute atomic E-state index is 0.283. The van der Waals surface area contributed by atoms with Gasteiger partial charge in [-0.15, -0.1) is 0 Å². The number of anilines is 1. The minimum Gasteiger partial charge on any atom is -0.368 e. The van der Waals surface area contributed by atoms with Crippen molar-refractivity contribution in [2.45, 2.75) is 6.04 Å². The van der Waals surface area contributed by atoms with Gasteiger partial charge < -0.3 is 16.0 Å². The lowest BCUT2D eigenvalue weighted by molar-refractivity contribution is -0.119. The molecule has 16 heavy (non-hydrogen) atoms. The Balaban J connectivity index is 2.23. The highest BCUT2D eigenvalue weighted by molar-refractivity contribution is 5.84. The number of amides is 1. The molecule has 2 rings (SSSR count). The van der Waals surface area contributed by atoms with Gasteiger partial charge in [-0.05, 0) is 24.3 Å². The maximum Gasteiger partial charge on any atom is 0.241 e. The van der Waals surface area contributed by atoms with Crippen molar-refractivity contribution < 1.29 is 9.18 Å². The first-order valence-corrected chi connectivity index (χ1v) is 5.21. The lowest BCUT2D eigenvalue weighted by Crippen LogP contribution is -2.57. The average molecular weight is 223 g/mol. The third-order valence-corrected chi connectivity index (χ3v) is 2.73. The number of hydrogen-bond donors (Lipinski definition) is 2. The standard InChI is InChI=1S/C11H14FN3O/c12-8-1-3-9(4-2-8)15-6-5-14-7-10(15)11(13)16/h1-4,10,14H,5-7H2,(H2,13,16)/t10-/m0/s1. The number of hydrogen-bond acceptors (Lipinski definition) is 3. The van der Waals surface area contributed by atoms with Crippen molar-refractivity contribution in [3.8, 4) is 0 Å². The molecule has 1 saturated heterocycles. The maximum atomic E-state index is 12.8. The molecule has 1 aliphatic heterocycles. The van der Waals surface area contributed by atoms with Crippen LogP contribution >= 0.6 is 0 Å². The molecule has 0 radical (unpaired) electrons. The van der Waals surface area contributed by atoms with Crippen LogP contribution in [0, 0.1) is 5.82 Å². The van der Waals surface area contributed by atoms with Crippen molar-refractivity contribution in [1.82, 2.24) is 5.32 Å². The zero-order valence-corrected chi connectivity index (χ0v) is 8.82. The normalized spacial score (nSPS) is 20.8. The SMILES string of the molecule is NC(=O)[C@@H]1CNCCN1c1ccc(F)cc1. The molecule has 0 unspecified atom stereocenters. The summed E-state index contributed by atoms with van der Waals surface area (Å²) < 4.78 is 12.8. The third kappa shape index (κ3) is 2.14. The first kappa shape index (κ1) is 10.9. The molecule has 0 bridgehead atoms. The zero-order valence-electron chi connectivity index (χ0n) is 8.82. The van der Waals surface area contributed by atoms with Gasteiger partial charge in [-0.25, -0.2) is 4.39 Å². The molecule has 3 N–H and O–H groups in total. The number of halogens is 1. The molecule has 0 saturated carbocycles. The van der Waals surface area contributed by atoms with Crippen LogP contribution in [0.1, 0.15) is 0 Å². The van der Waals surface area contributed by atoms with Gasteiger partial charge in [-0.1, -0.05) is 0 Å². The maximum absolute atomic E-state index is 12.8. The van der Waals surface area contributed by atoms with E-state index in [1.54, 1.807) is 12.1 Å². The number of carbonyl (C=O) groups excluding carboxylic acids is 1. The van der Waals surface area contributed by atoms with E-state index in [0.717, 1.165) is 12.2 Å². The first-order valence-electron chi connectivity index (χ1n) is 5.21. The molecule has 1 aliphatic rings. The number of rotatable bonds is 2. The van der Waals surface area contributed by atoms with E-state index < -0.39 is 0 Å². The van der Waals surface area contributed by atoms with Gasteiger partial charge in [-0.3, -0.25) is 4.79 Å². The Hall–Kier alpha value is -1.62. The van der Waals surface area contributed by atoms with E-state index in [4.69, 9.17) is 5.73 Å². The molecule has 1 aromatic carbocycles. The summed E-state index contributed by atoms with van der Waals surface area (Å²) in [6.07, 6.45) is 0. The first-order chi connectivity index (χ1) is 7.68. The summed E-state index contributed by atoms with van der Waals surface area (Å²) in [5, 5.41) is 3.11. The van der Waals surface area contributed by atoms with Gasteiger partial charge in [-0.2, -0.15) is 0 Å². The number of nitrogens with one attached hydrogen (secondary N) is 1. The number of primary amides is 1. The van der Waals surface area contributed by atoms with E-state index >= 15 is 0 Å². The lowest BCUT2D eigenvalue weighted by Gasteiger charge is -2.35. The van der Waals surface area contributed by atoms with Crippen molar-refractivity contribution in [1.29, 1.82) is 0 Å². The Morgan fingerprint density at radius 3 is 2.75 bits per heavy atom. The van der Waals surface area contributed by atoms with Crippen LogP contribution < -0.4 is 16.0 Å². The lowest BCUT2D eigenvalue weighted by atomic mass is 10.1. The van der Waals surface area contributed by atoms with E-state index in [2.05, 4.69) is 5.32 Å². The summed E-state index contributed by atoms with van der Waals surface area (Å²) in [5.74, 6) is -0.647. The van der Waals surface area contributed by atoms with Crippen LogP contribution in [-0.2, 0) is 4.79 Å². The van der Waals surface area contributed by atoms with Gasteiger partial charge in [0.2, 0.25) is 5.91 Å². The average Bonchev–Trinajstić information content (AvgIpc) is 2.30. The molecule has 0 aliphatic carbocycles. The summed E-state index contributed by atoms with van der Waals surface area (Å²) in [4.78, 5) is 13.2. The number of nitrogens with two attached hydrogens (primary N) is 1. The van der Waals surface area contributed by atoms with E-state index in [0.29, 0.717) is 13.1 Å². The van der Waals surface area contributed by atoms with E-state index in [1.165, 1.54) is 12.1 Å². The Labute approximate surface area is 93.2 Å². The van der Waals surface area contributed by atoms with Crippen LogP contribution in [0.3, 0.4) is 0 Å². The fourth-order valence-corrected chi connectivity index (χ4v) is 1.90. The second-order valence-corrected chi connectivity index (χ2v) is 3.79. The molecule has 1 amide bonds. The van der Waals surface area contributed by atoms with Gasteiger partial charge in [0.25, 0.3) is 0 Å². The number of benzene rings is 1.